The highest BCUT2D eigenvalue weighted by Crippen LogP contribution is 2.27. The molecule has 0 saturated heterocycles. The van der Waals surface area contributed by atoms with Crippen LogP contribution in [-0.4, -0.2) is 11.1 Å². The number of benzene rings is 1. The molecule has 17 heavy (non-hydrogen) atoms. The number of carboxylic acid groups (broad SMARTS) is 1. The first kappa shape index (κ1) is 11.7. The van der Waals surface area contributed by atoms with Gasteiger partial charge in [0.25, 0.3) is 0 Å². The molecule has 88 valence electrons. The van der Waals surface area contributed by atoms with Crippen molar-refractivity contribution in [2.24, 2.45) is 0 Å². The SMILES string of the molecule is Cc1cc2oc(C(=O)O)cc(=O)c2c(C)c1Cl. The van der Waals surface area contributed by atoms with Crippen molar-refractivity contribution in [1.29, 1.82) is 0 Å². The third-order valence-corrected chi connectivity index (χ3v) is 3.17. The fraction of sp³-hybridized carbons (Fsp3) is 0.167. The molecule has 0 spiro atoms. The molecule has 0 saturated carbocycles. The average Bonchev–Trinajstić information content (AvgIpc) is 2.25. The molecule has 4 nitrogen and oxygen atoms in total. The van der Waals surface area contributed by atoms with Crippen LogP contribution in [0.1, 0.15) is 21.7 Å². The van der Waals surface area contributed by atoms with Crippen molar-refractivity contribution in [1.82, 2.24) is 0 Å². The van der Waals surface area contributed by atoms with Crippen molar-refractivity contribution in [3.63, 3.8) is 0 Å². The Labute approximate surface area is 101 Å². The molecule has 0 unspecified atom stereocenters. The maximum absolute atomic E-state index is 11.8. The van der Waals surface area contributed by atoms with Gasteiger partial charge in [-0.1, -0.05) is 11.6 Å². The normalized spacial score (nSPS) is 10.8. The van der Waals surface area contributed by atoms with Crippen LogP contribution >= 0.6 is 11.6 Å². The Morgan fingerprint density at radius 3 is 2.59 bits per heavy atom. The van der Waals surface area contributed by atoms with Gasteiger partial charge in [-0.2, -0.15) is 0 Å². The summed E-state index contributed by atoms with van der Waals surface area (Å²) in [5, 5.41) is 9.62. The Morgan fingerprint density at radius 1 is 1.35 bits per heavy atom. The summed E-state index contributed by atoms with van der Waals surface area (Å²) >= 11 is 6.03. The lowest BCUT2D eigenvalue weighted by molar-refractivity contribution is 0.0663. The first-order valence-electron chi connectivity index (χ1n) is 4.88. The van der Waals surface area contributed by atoms with Gasteiger partial charge in [0.15, 0.2) is 5.43 Å². The van der Waals surface area contributed by atoms with Crippen LogP contribution in [0.15, 0.2) is 21.3 Å². The van der Waals surface area contributed by atoms with Crippen LogP contribution in [0, 0.1) is 13.8 Å². The van der Waals surface area contributed by atoms with Crippen molar-refractivity contribution in [3.8, 4) is 0 Å². The standard InChI is InChI=1S/C12H9ClO4/c1-5-3-8-10(6(2)11(5)13)7(14)4-9(17-8)12(15)16/h3-4H,1-2H3,(H,15,16). The van der Waals surface area contributed by atoms with Gasteiger partial charge in [-0.25, -0.2) is 4.79 Å². The summed E-state index contributed by atoms with van der Waals surface area (Å²) in [5.41, 5.74) is 1.19. The molecular weight excluding hydrogens is 244 g/mol. The fourth-order valence-corrected chi connectivity index (χ4v) is 1.90. The van der Waals surface area contributed by atoms with Crippen molar-refractivity contribution in [2.75, 3.05) is 0 Å². The molecule has 1 aromatic carbocycles. The van der Waals surface area contributed by atoms with E-state index < -0.39 is 11.4 Å². The molecule has 0 amide bonds. The summed E-state index contributed by atoms with van der Waals surface area (Å²) in [5.74, 6) is -1.64. The van der Waals surface area contributed by atoms with Crippen LogP contribution in [0.5, 0.6) is 0 Å². The molecule has 2 rings (SSSR count). The Morgan fingerprint density at radius 2 is 2.00 bits per heavy atom. The van der Waals surface area contributed by atoms with E-state index >= 15 is 0 Å². The minimum absolute atomic E-state index is 0.245. The molecule has 0 bridgehead atoms. The smallest absolute Gasteiger partial charge is 0.371 e. The predicted octanol–water partition coefficient (Wildman–Crippen LogP) is 2.76. The summed E-state index contributed by atoms with van der Waals surface area (Å²) < 4.78 is 5.16. The molecule has 1 N–H and O–H groups in total. The first-order valence-corrected chi connectivity index (χ1v) is 5.26. The average molecular weight is 253 g/mol. The van der Waals surface area contributed by atoms with E-state index in [-0.39, 0.29) is 11.3 Å². The van der Waals surface area contributed by atoms with Crippen LogP contribution in [0.25, 0.3) is 11.0 Å². The maximum atomic E-state index is 11.8. The molecule has 5 heteroatoms. The number of rotatable bonds is 1. The van der Waals surface area contributed by atoms with E-state index in [2.05, 4.69) is 0 Å². The molecule has 1 aromatic heterocycles. The number of hydrogen-bond acceptors (Lipinski definition) is 3. The summed E-state index contributed by atoms with van der Waals surface area (Å²) in [6, 6.07) is 2.53. The Bertz CT molecular complexity index is 685. The van der Waals surface area contributed by atoms with Crippen molar-refractivity contribution >= 4 is 28.5 Å². The van der Waals surface area contributed by atoms with E-state index in [4.69, 9.17) is 21.1 Å². The number of aryl methyl sites for hydroxylation is 2. The summed E-state index contributed by atoms with van der Waals surface area (Å²) in [4.78, 5) is 22.6. The predicted molar refractivity (Wildman–Crippen MR) is 63.9 cm³/mol. The van der Waals surface area contributed by atoms with E-state index in [1.165, 1.54) is 0 Å². The van der Waals surface area contributed by atoms with Gasteiger partial charge in [0.2, 0.25) is 5.76 Å². The van der Waals surface area contributed by atoms with E-state index in [1.54, 1.807) is 19.9 Å². The third kappa shape index (κ3) is 1.80. The number of carbonyl (C=O) groups is 1. The van der Waals surface area contributed by atoms with Gasteiger partial charge < -0.3 is 9.52 Å². The first-order chi connectivity index (χ1) is 7.91. The van der Waals surface area contributed by atoms with E-state index in [9.17, 15) is 9.59 Å². The highest BCUT2D eigenvalue weighted by atomic mass is 35.5. The largest absolute Gasteiger partial charge is 0.475 e. The molecule has 0 aliphatic rings. The second-order valence-corrected chi connectivity index (χ2v) is 4.16. The van der Waals surface area contributed by atoms with Gasteiger partial charge in [0.1, 0.15) is 5.58 Å². The quantitative estimate of drug-likeness (QED) is 0.847. The molecule has 0 aliphatic heterocycles. The monoisotopic (exact) mass is 252 g/mol. The second-order valence-electron chi connectivity index (χ2n) is 3.79. The van der Waals surface area contributed by atoms with Gasteiger partial charge in [-0.15, -0.1) is 0 Å². The molecule has 0 aliphatic carbocycles. The maximum Gasteiger partial charge on any atom is 0.371 e. The third-order valence-electron chi connectivity index (χ3n) is 2.58. The lowest BCUT2D eigenvalue weighted by Crippen LogP contribution is -2.08. The highest BCUT2D eigenvalue weighted by molar-refractivity contribution is 6.33. The summed E-state index contributed by atoms with van der Waals surface area (Å²) in [6.07, 6.45) is 0. The minimum atomic E-state index is -1.27. The number of carboxylic acids is 1. The van der Waals surface area contributed by atoms with Crippen LogP contribution in [0.3, 0.4) is 0 Å². The highest BCUT2D eigenvalue weighted by Gasteiger charge is 2.14. The zero-order valence-electron chi connectivity index (χ0n) is 9.20. The number of hydrogen-bond donors (Lipinski definition) is 1. The number of fused-ring (bicyclic) bond motifs is 1. The Hall–Kier alpha value is -1.81. The molecule has 2 aromatic rings. The molecule has 0 atom stereocenters. The Kier molecular flexibility index (Phi) is 2.67. The van der Waals surface area contributed by atoms with Gasteiger partial charge in [-0.05, 0) is 31.0 Å². The topological polar surface area (TPSA) is 67.5 Å². The zero-order chi connectivity index (χ0) is 12.7. The zero-order valence-corrected chi connectivity index (χ0v) is 9.96. The Balaban J connectivity index is 2.97. The van der Waals surface area contributed by atoms with Gasteiger partial charge >= 0.3 is 5.97 Å². The van der Waals surface area contributed by atoms with Crippen LogP contribution in [0.2, 0.25) is 5.02 Å². The fourth-order valence-electron chi connectivity index (χ4n) is 1.75. The molecular formula is C12H9ClO4. The summed E-state index contributed by atoms with van der Waals surface area (Å²) in [6.45, 7) is 3.47. The van der Waals surface area contributed by atoms with Crippen LogP contribution < -0.4 is 5.43 Å². The number of aromatic carboxylic acids is 1. The van der Waals surface area contributed by atoms with E-state index in [1.807, 2.05) is 0 Å². The van der Waals surface area contributed by atoms with Gasteiger partial charge in [-0.3, -0.25) is 4.79 Å². The molecule has 0 radical (unpaired) electrons. The van der Waals surface area contributed by atoms with Gasteiger partial charge in [0, 0.05) is 11.1 Å². The lowest BCUT2D eigenvalue weighted by Gasteiger charge is -2.06. The minimum Gasteiger partial charge on any atom is -0.475 e. The van der Waals surface area contributed by atoms with Crippen molar-refractivity contribution in [2.45, 2.75) is 13.8 Å². The van der Waals surface area contributed by atoms with Crippen molar-refractivity contribution < 1.29 is 14.3 Å². The van der Waals surface area contributed by atoms with E-state index in [0.29, 0.717) is 16.0 Å². The van der Waals surface area contributed by atoms with Crippen molar-refractivity contribution in [3.05, 3.63) is 44.3 Å². The van der Waals surface area contributed by atoms with Crippen LogP contribution in [-0.2, 0) is 0 Å². The van der Waals surface area contributed by atoms with Gasteiger partial charge in [0.05, 0.1) is 5.39 Å². The summed E-state index contributed by atoms with van der Waals surface area (Å²) in [7, 11) is 0. The molecule has 1 heterocycles. The molecule has 0 fully saturated rings. The number of halogens is 1. The van der Waals surface area contributed by atoms with Crippen LogP contribution in [0.4, 0.5) is 0 Å². The lowest BCUT2D eigenvalue weighted by atomic mass is 10.1. The second kappa shape index (κ2) is 3.89. The van der Waals surface area contributed by atoms with E-state index in [0.717, 1.165) is 11.6 Å².